The number of phosphoric ester groups is 1. The van der Waals surface area contributed by atoms with E-state index in [1.165, 1.54) is 76.2 Å². The van der Waals surface area contributed by atoms with Gasteiger partial charge in [0.2, 0.25) is 5.91 Å². The maximum absolute atomic E-state index is 12.6. The molecule has 1 atom stereocenters. The maximum atomic E-state index is 12.6. The SMILES string of the molecule is CCCCCCCC/C=C\CCCCCCCC(=O)N[C@H](COP(=O)([O-])[O-])Cc1ccc(OCc2ccc(CCCCC)cc2)cc1. The quantitative estimate of drug-likeness (QED) is 0.0550. The highest BCUT2D eigenvalue weighted by Crippen LogP contribution is 2.25. The molecule has 1 amide bonds. The third kappa shape index (κ3) is 21.9. The van der Waals surface area contributed by atoms with Gasteiger partial charge in [0, 0.05) is 6.42 Å². The predicted octanol–water partition coefficient (Wildman–Crippen LogP) is 8.91. The molecule has 0 aromatic heterocycles. The zero-order valence-corrected chi connectivity index (χ0v) is 30.0. The average molecular weight is 670 g/mol. The van der Waals surface area contributed by atoms with Gasteiger partial charge in [0.25, 0.3) is 0 Å². The van der Waals surface area contributed by atoms with Gasteiger partial charge in [-0.15, -0.1) is 0 Å². The summed E-state index contributed by atoms with van der Waals surface area (Å²) in [5.74, 6) is 0.546. The second-order valence-electron chi connectivity index (χ2n) is 12.8. The summed E-state index contributed by atoms with van der Waals surface area (Å²) in [7, 11) is -5.15. The van der Waals surface area contributed by atoms with Gasteiger partial charge in [-0.1, -0.05) is 127 Å². The van der Waals surface area contributed by atoms with E-state index in [4.69, 9.17) is 4.74 Å². The van der Waals surface area contributed by atoms with Crippen molar-refractivity contribution in [2.24, 2.45) is 0 Å². The molecule has 47 heavy (non-hydrogen) atoms. The minimum atomic E-state index is -5.15. The Hall–Kier alpha value is -2.44. The van der Waals surface area contributed by atoms with Crippen molar-refractivity contribution >= 4 is 13.7 Å². The number of hydrogen-bond donors (Lipinski definition) is 1. The number of amides is 1. The van der Waals surface area contributed by atoms with Crippen molar-refractivity contribution in [3.05, 3.63) is 77.4 Å². The highest BCUT2D eigenvalue weighted by molar-refractivity contribution is 7.43. The molecule has 2 aromatic rings. The Morgan fingerprint density at radius 2 is 1.26 bits per heavy atom. The van der Waals surface area contributed by atoms with Crippen molar-refractivity contribution in [3.8, 4) is 5.75 Å². The maximum Gasteiger partial charge on any atom is 0.220 e. The summed E-state index contributed by atoms with van der Waals surface area (Å²) in [5.41, 5.74) is 3.31. The van der Waals surface area contributed by atoms with Gasteiger partial charge >= 0.3 is 0 Å². The van der Waals surface area contributed by atoms with Crippen molar-refractivity contribution in [2.45, 2.75) is 148 Å². The summed E-state index contributed by atoms with van der Waals surface area (Å²) in [5, 5.41) is 2.87. The molecular formula is C39H60NO6P-2. The second kappa shape index (κ2) is 25.6. The van der Waals surface area contributed by atoms with Gasteiger partial charge in [-0.05, 0) is 80.2 Å². The number of phosphoric acid groups is 1. The normalized spacial score (nSPS) is 12.4. The van der Waals surface area contributed by atoms with E-state index in [-0.39, 0.29) is 5.91 Å². The lowest BCUT2D eigenvalue weighted by Crippen LogP contribution is -2.40. The minimum Gasteiger partial charge on any atom is -0.790 e. The van der Waals surface area contributed by atoms with Gasteiger partial charge in [0.15, 0.2) is 0 Å². The molecule has 0 spiro atoms. The number of hydrogen-bond acceptors (Lipinski definition) is 6. The van der Waals surface area contributed by atoms with Crippen LogP contribution in [0.5, 0.6) is 5.75 Å². The van der Waals surface area contributed by atoms with E-state index in [0.717, 1.165) is 49.7 Å². The lowest BCUT2D eigenvalue weighted by Gasteiger charge is -2.31. The molecule has 8 heteroatoms. The number of allylic oxidation sites excluding steroid dienone is 2. The zero-order valence-electron chi connectivity index (χ0n) is 29.1. The number of benzene rings is 2. The molecule has 0 aliphatic heterocycles. The molecule has 0 bridgehead atoms. The fraction of sp³-hybridized carbons (Fsp3) is 0.615. The van der Waals surface area contributed by atoms with Crippen LogP contribution in [0.1, 0.15) is 140 Å². The molecular weight excluding hydrogens is 609 g/mol. The van der Waals surface area contributed by atoms with Gasteiger partial charge in [-0.2, -0.15) is 0 Å². The Kier molecular flexibility index (Phi) is 22.2. The molecule has 2 aromatic carbocycles. The molecule has 264 valence electrons. The summed E-state index contributed by atoms with van der Waals surface area (Å²) >= 11 is 0. The number of unbranched alkanes of at least 4 members (excludes halogenated alkanes) is 13. The smallest absolute Gasteiger partial charge is 0.220 e. The summed E-state index contributed by atoms with van der Waals surface area (Å²) < 4.78 is 21.6. The molecule has 0 saturated carbocycles. The fourth-order valence-corrected chi connectivity index (χ4v) is 5.91. The lowest BCUT2D eigenvalue weighted by molar-refractivity contribution is -0.342. The lowest BCUT2D eigenvalue weighted by atomic mass is 10.1. The molecule has 7 nitrogen and oxygen atoms in total. The summed E-state index contributed by atoms with van der Waals surface area (Å²) in [4.78, 5) is 34.9. The van der Waals surface area contributed by atoms with Crippen molar-refractivity contribution in [3.63, 3.8) is 0 Å². The number of nitrogens with one attached hydrogen (secondary N) is 1. The van der Waals surface area contributed by atoms with E-state index < -0.39 is 20.5 Å². The van der Waals surface area contributed by atoms with E-state index in [0.29, 0.717) is 25.2 Å². The summed E-state index contributed by atoms with van der Waals surface area (Å²) in [6, 6.07) is 15.4. The Morgan fingerprint density at radius 1 is 0.723 bits per heavy atom. The van der Waals surface area contributed by atoms with Crippen LogP contribution in [0.3, 0.4) is 0 Å². The molecule has 0 aliphatic carbocycles. The van der Waals surface area contributed by atoms with Crippen LogP contribution in [0.2, 0.25) is 0 Å². The molecule has 0 radical (unpaired) electrons. The van der Waals surface area contributed by atoms with E-state index >= 15 is 0 Å². The number of aryl methyl sites for hydroxylation is 1. The van der Waals surface area contributed by atoms with Crippen LogP contribution in [0.4, 0.5) is 0 Å². The van der Waals surface area contributed by atoms with Crippen LogP contribution < -0.4 is 19.8 Å². The number of ether oxygens (including phenoxy) is 1. The molecule has 1 N–H and O–H groups in total. The van der Waals surface area contributed by atoms with Gasteiger partial charge < -0.3 is 28.9 Å². The third-order valence-corrected chi connectivity index (χ3v) is 8.83. The van der Waals surface area contributed by atoms with Gasteiger partial charge in [0.1, 0.15) is 12.4 Å². The Labute approximate surface area is 285 Å². The van der Waals surface area contributed by atoms with Crippen LogP contribution in [0.25, 0.3) is 0 Å². The summed E-state index contributed by atoms with van der Waals surface area (Å²) in [6.07, 6.45) is 25.5. The molecule has 0 heterocycles. The molecule has 0 saturated heterocycles. The predicted molar refractivity (Wildman–Crippen MR) is 189 cm³/mol. The first-order valence-electron chi connectivity index (χ1n) is 18.2. The van der Waals surface area contributed by atoms with E-state index in [1.807, 2.05) is 24.3 Å². The molecule has 2 rings (SSSR count). The Balaban J connectivity index is 1.67. The van der Waals surface area contributed by atoms with Crippen LogP contribution in [-0.4, -0.2) is 18.6 Å². The van der Waals surface area contributed by atoms with E-state index in [2.05, 4.69) is 60.1 Å². The third-order valence-electron chi connectivity index (χ3n) is 8.37. The van der Waals surface area contributed by atoms with Crippen LogP contribution in [-0.2, 0) is 33.3 Å². The van der Waals surface area contributed by atoms with Gasteiger partial charge in [0.05, 0.1) is 20.5 Å². The van der Waals surface area contributed by atoms with Crippen LogP contribution in [0.15, 0.2) is 60.7 Å². The first-order chi connectivity index (χ1) is 22.8. The van der Waals surface area contributed by atoms with Crippen molar-refractivity contribution < 1.29 is 28.4 Å². The monoisotopic (exact) mass is 669 g/mol. The zero-order chi connectivity index (χ0) is 34.0. The van der Waals surface area contributed by atoms with Crippen molar-refractivity contribution in [1.82, 2.24) is 5.32 Å². The minimum absolute atomic E-state index is 0.167. The molecule has 0 fully saturated rings. The largest absolute Gasteiger partial charge is 0.790 e. The standard InChI is InChI=1S/C39H62NO6P/c1-3-5-7-8-9-10-11-12-13-14-15-16-17-18-20-22-39(41)40-37(33-46-47(42,43)44)31-35-27-29-38(30-28-35)45-32-36-25-23-34(24-26-36)21-19-6-4-2/h12-13,23-30,37H,3-11,14-22,31-33H2,1-2H3,(H,40,41)(H2,42,43,44)/p-2/b13-12-/t37-/m0/s1. The van der Waals surface area contributed by atoms with Gasteiger partial charge in [-0.25, -0.2) is 0 Å². The van der Waals surface area contributed by atoms with Crippen molar-refractivity contribution in [1.29, 1.82) is 0 Å². The molecule has 0 unspecified atom stereocenters. The topological polar surface area (TPSA) is 111 Å². The first kappa shape index (κ1) is 40.7. The second-order valence-corrected chi connectivity index (χ2v) is 13.9. The highest BCUT2D eigenvalue weighted by Gasteiger charge is 2.15. The Bertz CT molecular complexity index is 1150. The van der Waals surface area contributed by atoms with Crippen molar-refractivity contribution in [2.75, 3.05) is 6.61 Å². The van der Waals surface area contributed by atoms with Crippen LogP contribution in [0, 0.1) is 0 Å². The van der Waals surface area contributed by atoms with Crippen LogP contribution >= 0.6 is 7.82 Å². The molecule has 0 aliphatic rings. The van der Waals surface area contributed by atoms with E-state index in [9.17, 15) is 19.1 Å². The Morgan fingerprint density at radius 3 is 1.87 bits per heavy atom. The first-order valence-corrected chi connectivity index (χ1v) is 19.7. The highest BCUT2D eigenvalue weighted by atomic mass is 31.2. The summed E-state index contributed by atoms with van der Waals surface area (Å²) in [6.45, 7) is 4.52. The fourth-order valence-electron chi connectivity index (χ4n) is 5.54. The number of carbonyl (C=O) groups is 1. The van der Waals surface area contributed by atoms with E-state index in [1.54, 1.807) is 0 Å². The number of carbonyl (C=O) groups excluding carboxylic acids is 1. The average Bonchev–Trinajstić information content (AvgIpc) is 3.05. The number of rotatable bonds is 28. The van der Waals surface area contributed by atoms with Gasteiger partial charge in [-0.3, -0.25) is 4.79 Å².